The fourth-order valence-corrected chi connectivity index (χ4v) is 1.99. The van der Waals surface area contributed by atoms with Crippen LogP contribution in [-0.4, -0.2) is 16.5 Å². The number of benzene rings is 1. The molecule has 0 saturated heterocycles. The van der Waals surface area contributed by atoms with Gasteiger partial charge in [0.2, 0.25) is 0 Å². The average Bonchev–Trinajstić information content (AvgIpc) is 2.40. The lowest BCUT2D eigenvalue weighted by Crippen LogP contribution is -2.06. The van der Waals surface area contributed by atoms with Crippen molar-refractivity contribution in [2.24, 2.45) is 0 Å². The standard InChI is InChI=1S/C13H11Cl2N3O2/c14-10-3-1-9(2-4-10)5-6-16-13-8-11(18(19)20)7-12(15)17-13/h1-4,7-8H,5-6H2,(H,16,17). The minimum Gasteiger partial charge on any atom is -0.369 e. The summed E-state index contributed by atoms with van der Waals surface area (Å²) < 4.78 is 0. The van der Waals surface area contributed by atoms with Gasteiger partial charge >= 0.3 is 0 Å². The summed E-state index contributed by atoms with van der Waals surface area (Å²) in [5, 5.41) is 14.5. The molecule has 104 valence electrons. The van der Waals surface area contributed by atoms with Crippen LogP contribution in [0.15, 0.2) is 36.4 Å². The summed E-state index contributed by atoms with van der Waals surface area (Å²) in [6.07, 6.45) is 0.749. The Hall–Kier alpha value is -1.85. The second-order valence-electron chi connectivity index (χ2n) is 4.09. The second kappa shape index (κ2) is 6.54. The van der Waals surface area contributed by atoms with Crippen molar-refractivity contribution in [2.75, 3.05) is 11.9 Å². The van der Waals surface area contributed by atoms with E-state index in [0.717, 1.165) is 12.0 Å². The number of halogens is 2. The van der Waals surface area contributed by atoms with Crippen molar-refractivity contribution in [3.05, 3.63) is 62.3 Å². The highest BCUT2D eigenvalue weighted by molar-refractivity contribution is 6.30. The molecule has 0 aliphatic heterocycles. The van der Waals surface area contributed by atoms with Gasteiger partial charge < -0.3 is 5.32 Å². The van der Waals surface area contributed by atoms with Gasteiger partial charge in [-0.15, -0.1) is 0 Å². The Morgan fingerprint density at radius 3 is 2.55 bits per heavy atom. The first-order valence-corrected chi connectivity index (χ1v) is 6.60. The number of nitrogens with one attached hydrogen (secondary N) is 1. The lowest BCUT2D eigenvalue weighted by molar-refractivity contribution is -0.384. The smallest absolute Gasteiger partial charge is 0.276 e. The number of hydrogen-bond acceptors (Lipinski definition) is 4. The lowest BCUT2D eigenvalue weighted by atomic mass is 10.1. The fraction of sp³-hybridized carbons (Fsp3) is 0.154. The van der Waals surface area contributed by atoms with Crippen LogP contribution in [0.1, 0.15) is 5.56 Å². The highest BCUT2D eigenvalue weighted by atomic mass is 35.5. The zero-order chi connectivity index (χ0) is 14.5. The molecule has 1 heterocycles. The van der Waals surface area contributed by atoms with Gasteiger partial charge in [-0.25, -0.2) is 4.98 Å². The third-order valence-corrected chi connectivity index (χ3v) is 3.07. The molecular formula is C13H11Cl2N3O2. The van der Waals surface area contributed by atoms with Crippen molar-refractivity contribution < 1.29 is 4.92 Å². The van der Waals surface area contributed by atoms with E-state index in [1.807, 2.05) is 24.3 Å². The summed E-state index contributed by atoms with van der Waals surface area (Å²) in [4.78, 5) is 14.2. The maximum absolute atomic E-state index is 10.7. The Labute approximate surface area is 125 Å². The van der Waals surface area contributed by atoms with E-state index in [-0.39, 0.29) is 10.8 Å². The van der Waals surface area contributed by atoms with Gasteiger partial charge in [0.05, 0.1) is 17.1 Å². The van der Waals surface area contributed by atoms with Gasteiger partial charge in [-0.1, -0.05) is 35.3 Å². The van der Waals surface area contributed by atoms with Crippen LogP contribution in [0.2, 0.25) is 10.2 Å². The number of hydrogen-bond donors (Lipinski definition) is 1. The predicted octanol–water partition coefficient (Wildman–Crippen LogP) is 3.95. The molecule has 1 aromatic carbocycles. The van der Waals surface area contributed by atoms with Crippen LogP contribution in [0.3, 0.4) is 0 Å². The highest BCUT2D eigenvalue weighted by Crippen LogP contribution is 2.20. The maximum atomic E-state index is 10.7. The van der Waals surface area contributed by atoms with E-state index in [9.17, 15) is 10.1 Å². The predicted molar refractivity (Wildman–Crippen MR) is 79.5 cm³/mol. The molecule has 0 amide bonds. The first-order chi connectivity index (χ1) is 9.54. The maximum Gasteiger partial charge on any atom is 0.276 e. The van der Waals surface area contributed by atoms with E-state index in [0.29, 0.717) is 17.4 Å². The zero-order valence-corrected chi connectivity index (χ0v) is 11.9. The van der Waals surface area contributed by atoms with Gasteiger partial charge in [0.1, 0.15) is 11.0 Å². The third-order valence-electron chi connectivity index (χ3n) is 2.62. The Bertz CT molecular complexity index is 618. The van der Waals surface area contributed by atoms with Crippen LogP contribution >= 0.6 is 23.2 Å². The first-order valence-electron chi connectivity index (χ1n) is 5.85. The van der Waals surface area contributed by atoms with E-state index >= 15 is 0 Å². The molecule has 20 heavy (non-hydrogen) atoms. The van der Waals surface area contributed by atoms with Crippen LogP contribution in [0.4, 0.5) is 11.5 Å². The average molecular weight is 312 g/mol. The van der Waals surface area contributed by atoms with Gasteiger partial charge in [0, 0.05) is 11.6 Å². The SMILES string of the molecule is O=[N+]([O-])c1cc(Cl)nc(NCCc2ccc(Cl)cc2)c1. The van der Waals surface area contributed by atoms with Gasteiger partial charge in [0.25, 0.3) is 5.69 Å². The normalized spacial score (nSPS) is 10.3. The topological polar surface area (TPSA) is 68.1 Å². The summed E-state index contributed by atoms with van der Waals surface area (Å²) in [6.45, 7) is 0.589. The molecule has 7 heteroatoms. The van der Waals surface area contributed by atoms with Crippen molar-refractivity contribution in [1.82, 2.24) is 4.98 Å². The van der Waals surface area contributed by atoms with E-state index in [1.54, 1.807) is 0 Å². The molecular weight excluding hydrogens is 301 g/mol. The summed E-state index contributed by atoms with van der Waals surface area (Å²) in [6, 6.07) is 10.1. The Kier molecular flexibility index (Phi) is 4.76. The lowest BCUT2D eigenvalue weighted by Gasteiger charge is -2.06. The summed E-state index contributed by atoms with van der Waals surface area (Å²) in [7, 11) is 0. The molecule has 0 aliphatic rings. The van der Waals surface area contributed by atoms with Crippen molar-refractivity contribution >= 4 is 34.7 Å². The van der Waals surface area contributed by atoms with E-state index < -0.39 is 4.92 Å². The minimum absolute atomic E-state index is 0.0843. The van der Waals surface area contributed by atoms with Crippen molar-refractivity contribution in [1.29, 1.82) is 0 Å². The van der Waals surface area contributed by atoms with Crippen molar-refractivity contribution in [3.63, 3.8) is 0 Å². The van der Waals surface area contributed by atoms with Crippen LogP contribution < -0.4 is 5.32 Å². The first kappa shape index (κ1) is 14.6. The summed E-state index contributed by atoms with van der Waals surface area (Å²) in [5.41, 5.74) is 1.03. The van der Waals surface area contributed by atoms with Crippen molar-refractivity contribution in [3.8, 4) is 0 Å². The Morgan fingerprint density at radius 1 is 1.20 bits per heavy atom. The fourth-order valence-electron chi connectivity index (χ4n) is 1.67. The molecule has 2 rings (SSSR count). The van der Waals surface area contributed by atoms with Crippen LogP contribution in [-0.2, 0) is 6.42 Å². The van der Waals surface area contributed by atoms with E-state index in [2.05, 4.69) is 10.3 Å². The van der Waals surface area contributed by atoms with Crippen molar-refractivity contribution in [2.45, 2.75) is 6.42 Å². The van der Waals surface area contributed by atoms with Gasteiger partial charge in [-0.05, 0) is 24.1 Å². The molecule has 0 aliphatic carbocycles. The molecule has 5 nitrogen and oxygen atoms in total. The Balaban J connectivity index is 1.97. The number of nitro groups is 1. The number of anilines is 1. The monoisotopic (exact) mass is 311 g/mol. The summed E-state index contributed by atoms with van der Waals surface area (Å²) >= 11 is 11.5. The summed E-state index contributed by atoms with van der Waals surface area (Å²) in [5.74, 6) is 0.387. The quantitative estimate of drug-likeness (QED) is 0.515. The molecule has 0 fully saturated rings. The molecule has 0 saturated carbocycles. The third kappa shape index (κ3) is 4.08. The molecule has 0 radical (unpaired) electrons. The van der Waals surface area contributed by atoms with Gasteiger partial charge in [0.15, 0.2) is 0 Å². The number of pyridine rings is 1. The van der Waals surface area contributed by atoms with Crippen LogP contribution in [0.25, 0.3) is 0 Å². The van der Waals surface area contributed by atoms with Gasteiger partial charge in [-0.3, -0.25) is 10.1 Å². The highest BCUT2D eigenvalue weighted by Gasteiger charge is 2.09. The largest absolute Gasteiger partial charge is 0.369 e. The molecule has 0 atom stereocenters. The van der Waals surface area contributed by atoms with Crippen LogP contribution in [0, 0.1) is 10.1 Å². The molecule has 2 aromatic rings. The molecule has 0 bridgehead atoms. The minimum atomic E-state index is -0.502. The van der Waals surface area contributed by atoms with Gasteiger partial charge in [-0.2, -0.15) is 0 Å². The Morgan fingerprint density at radius 2 is 1.90 bits per heavy atom. The second-order valence-corrected chi connectivity index (χ2v) is 4.92. The molecule has 0 unspecified atom stereocenters. The number of rotatable bonds is 5. The number of aromatic nitrogens is 1. The van der Waals surface area contributed by atoms with Crippen LogP contribution in [0.5, 0.6) is 0 Å². The van der Waals surface area contributed by atoms with E-state index in [4.69, 9.17) is 23.2 Å². The zero-order valence-electron chi connectivity index (χ0n) is 10.3. The number of nitrogens with zero attached hydrogens (tertiary/aromatic N) is 2. The molecule has 1 N–H and O–H groups in total. The molecule has 0 spiro atoms. The van der Waals surface area contributed by atoms with E-state index in [1.165, 1.54) is 12.1 Å². The molecule has 1 aromatic heterocycles.